The van der Waals surface area contributed by atoms with Crippen LogP contribution in [0, 0.1) is 6.92 Å². The molecule has 0 saturated carbocycles. The number of unbranched alkanes of at least 4 members (excludes halogenated alkanes) is 14. The normalized spacial score (nSPS) is 11.2. The molecule has 24 heavy (non-hydrogen) atoms. The van der Waals surface area contributed by atoms with Crippen molar-refractivity contribution >= 4 is 5.97 Å². The lowest BCUT2D eigenvalue weighted by atomic mass is 10.1. The van der Waals surface area contributed by atoms with Gasteiger partial charge < -0.3 is 4.74 Å². The monoisotopic (exact) mass is 337 g/mol. The van der Waals surface area contributed by atoms with Crippen LogP contribution in [0.5, 0.6) is 0 Å². The van der Waals surface area contributed by atoms with Crippen LogP contribution in [0.1, 0.15) is 110 Å². The van der Waals surface area contributed by atoms with E-state index in [2.05, 4.69) is 26.0 Å². The molecule has 1 radical (unpaired) electrons. The molecule has 0 spiro atoms. The van der Waals surface area contributed by atoms with Crippen molar-refractivity contribution in [2.75, 3.05) is 6.61 Å². The number of hydrogen-bond acceptors (Lipinski definition) is 2. The van der Waals surface area contributed by atoms with Gasteiger partial charge in [-0.2, -0.15) is 0 Å². The number of esters is 1. The van der Waals surface area contributed by atoms with Gasteiger partial charge in [-0.15, -0.1) is 0 Å². The van der Waals surface area contributed by atoms with Crippen LogP contribution in [-0.4, -0.2) is 12.6 Å². The molecular weight excluding hydrogens is 296 g/mol. The van der Waals surface area contributed by atoms with Gasteiger partial charge in [0.15, 0.2) is 0 Å². The van der Waals surface area contributed by atoms with Gasteiger partial charge >= 0.3 is 5.97 Å². The van der Waals surface area contributed by atoms with E-state index in [-0.39, 0.29) is 0 Å². The van der Waals surface area contributed by atoms with Gasteiger partial charge in [-0.25, -0.2) is 0 Å². The molecule has 0 aromatic heterocycles. The highest BCUT2D eigenvalue weighted by Crippen LogP contribution is 2.11. The Balaban J connectivity index is 3.06. The molecule has 0 aromatic rings. The van der Waals surface area contributed by atoms with Crippen molar-refractivity contribution in [3.8, 4) is 0 Å². The summed E-state index contributed by atoms with van der Waals surface area (Å²) in [5.41, 5.74) is 0. The van der Waals surface area contributed by atoms with Gasteiger partial charge in [0.2, 0.25) is 0 Å². The summed E-state index contributed by atoms with van der Waals surface area (Å²) in [6.45, 7) is 6.00. The average molecular weight is 338 g/mol. The largest absolute Gasteiger partial charge is 0.466 e. The molecule has 0 aromatic carbocycles. The molecule has 0 aliphatic rings. The number of carbonyl (C=O) groups excluding carboxylic acids is 1. The second-order valence-electron chi connectivity index (χ2n) is 6.87. The van der Waals surface area contributed by atoms with Crippen molar-refractivity contribution < 1.29 is 9.53 Å². The predicted molar refractivity (Wildman–Crippen MR) is 105 cm³/mol. The molecule has 0 bridgehead atoms. The van der Waals surface area contributed by atoms with Crippen molar-refractivity contribution in [2.45, 2.75) is 110 Å². The molecule has 141 valence electrons. The van der Waals surface area contributed by atoms with E-state index in [1.165, 1.54) is 89.9 Å². The quantitative estimate of drug-likeness (QED) is 0.150. The minimum Gasteiger partial charge on any atom is -0.466 e. The highest BCUT2D eigenvalue weighted by molar-refractivity contribution is 5.73. The van der Waals surface area contributed by atoms with Crippen LogP contribution in [0.3, 0.4) is 0 Å². The highest BCUT2D eigenvalue weighted by Gasteiger charge is 1.94. The summed E-state index contributed by atoms with van der Waals surface area (Å²) in [6, 6.07) is 0. The fourth-order valence-corrected chi connectivity index (χ4v) is 2.89. The summed E-state index contributed by atoms with van der Waals surface area (Å²) in [5, 5.41) is 0. The Morgan fingerprint density at radius 2 is 1.12 bits per heavy atom. The molecule has 0 amide bonds. The fraction of sp³-hybridized carbons (Fsp3) is 0.818. The van der Waals surface area contributed by atoms with Gasteiger partial charge in [0.05, 0.1) is 13.5 Å². The summed E-state index contributed by atoms with van der Waals surface area (Å²) in [4.78, 5) is 10.5. The van der Waals surface area contributed by atoms with Crippen LogP contribution in [0.25, 0.3) is 0 Å². The second kappa shape index (κ2) is 20.3. The number of hydrogen-bond donors (Lipinski definition) is 0. The maximum atomic E-state index is 10.5. The molecule has 0 aliphatic heterocycles. The summed E-state index contributed by atoms with van der Waals surface area (Å²) in [6.07, 6.45) is 25.8. The van der Waals surface area contributed by atoms with E-state index in [0.29, 0.717) is 6.61 Å². The summed E-state index contributed by atoms with van der Waals surface area (Å²) < 4.78 is 4.81. The molecule has 2 heteroatoms. The smallest absolute Gasteiger partial charge is 0.306 e. The van der Waals surface area contributed by atoms with E-state index in [4.69, 9.17) is 4.74 Å². The van der Waals surface area contributed by atoms with Crippen molar-refractivity contribution in [1.82, 2.24) is 0 Å². The van der Waals surface area contributed by atoms with Crippen molar-refractivity contribution in [3.63, 3.8) is 0 Å². The lowest BCUT2D eigenvalue weighted by Crippen LogP contribution is -2.00. The van der Waals surface area contributed by atoms with Crippen LogP contribution >= 0.6 is 0 Å². The van der Waals surface area contributed by atoms with Crippen LogP contribution in [-0.2, 0) is 9.53 Å². The van der Waals surface area contributed by atoms with Gasteiger partial charge in [0.1, 0.15) is 0 Å². The second-order valence-corrected chi connectivity index (χ2v) is 6.87. The molecule has 0 heterocycles. The van der Waals surface area contributed by atoms with E-state index in [1.807, 2.05) is 0 Å². The Labute approximate surface area is 151 Å². The fourth-order valence-electron chi connectivity index (χ4n) is 2.89. The zero-order valence-electron chi connectivity index (χ0n) is 16.2. The highest BCUT2D eigenvalue weighted by atomic mass is 16.5. The maximum absolute atomic E-state index is 10.5. The van der Waals surface area contributed by atoms with Crippen LogP contribution in [0.4, 0.5) is 0 Å². The van der Waals surface area contributed by atoms with Crippen LogP contribution in [0.15, 0.2) is 12.2 Å². The van der Waals surface area contributed by atoms with E-state index >= 15 is 0 Å². The molecular formula is C22H41O2. The lowest BCUT2D eigenvalue weighted by molar-refractivity contribution is -0.138. The van der Waals surface area contributed by atoms with Gasteiger partial charge in [-0.1, -0.05) is 89.7 Å². The first kappa shape index (κ1) is 23.2. The van der Waals surface area contributed by atoms with Crippen LogP contribution in [0.2, 0.25) is 0 Å². The van der Waals surface area contributed by atoms with Crippen LogP contribution < -0.4 is 0 Å². The minimum atomic E-state index is -0.406. The topological polar surface area (TPSA) is 26.3 Å². The molecule has 2 nitrogen and oxygen atoms in total. The Morgan fingerprint density at radius 1 is 0.708 bits per heavy atom. The first-order chi connectivity index (χ1) is 11.8. The van der Waals surface area contributed by atoms with Crippen molar-refractivity contribution in [2.24, 2.45) is 0 Å². The first-order valence-corrected chi connectivity index (χ1v) is 10.4. The third kappa shape index (κ3) is 21.2. The summed E-state index contributed by atoms with van der Waals surface area (Å²) >= 11 is 0. The molecule has 0 saturated heterocycles. The number of allylic oxidation sites excluding steroid dienone is 2. The molecule has 0 unspecified atom stereocenters. The molecule has 0 atom stereocenters. The average Bonchev–Trinajstić information content (AvgIpc) is 2.56. The number of ether oxygens (including phenoxy) is 1. The summed E-state index contributed by atoms with van der Waals surface area (Å²) in [7, 11) is 0. The maximum Gasteiger partial charge on any atom is 0.306 e. The van der Waals surface area contributed by atoms with Gasteiger partial charge in [-0.05, 0) is 32.1 Å². The minimum absolute atomic E-state index is 0.406. The van der Waals surface area contributed by atoms with Gasteiger partial charge in [0, 0.05) is 0 Å². The zero-order valence-corrected chi connectivity index (χ0v) is 16.2. The van der Waals surface area contributed by atoms with Gasteiger partial charge in [0.25, 0.3) is 0 Å². The number of carbonyl (C=O) groups is 1. The molecule has 0 N–H and O–H groups in total. The SMILES string of the molecule is [CH2]C(=O)OCCCCCCCCCCC=CCCCCCCCC. The predicted octanol–water partition coefficient (Wildman–Crippen LogP) is 7.18. The zero-order chi connectivity index (χ0) is 17.7. The summed E-state index contributed by atoms with van der Waals surface area (Å²) in [5.74, 6) is -0.406. The third-order valence-electron chi connectivity index (χ3n) is 4.42. The Bertz CT molecular complexity index is 284. The lowest BCUT2D eigenvalue weighted by Gasteiger charge is -2.02. The Kier molecular flexibility index (Phi) is 19.6. The van der Waals surface area contributed by atoms with E-state index < -0.39 is 5.97 Å². The standard InChI is InChI=1S/C22H41O2/c1-3-4-5-6-7-8-9-10-11-12-13-14-15-16-17-18-19-20-21-24-22(2)23/h10-11H,2-9,12-21H2,1H3. The van der Waals surface area contributed by atoms with Crippen molar-refractivity contribution in [1.29, 1.82) is 0 Å². The van der Waals surface area contributed by atoms with E-state index in [1.54, 1.807) is 0 Å². The van der Waals surface area contributed by atoms with Gasteiger partial charge in [-0.3, -0.25) is 4.79 Å². The first-order valence-electron chi connectivity index (χ1n) is 10.4. The Hall–Kier alpha value is -0.790. The molecule has 0 aliphatic carbocycles. The van der Waals surface area contributed by atoms with Crippen molar-refractivity contribution in [3.05, 3.63) is 19.1 Å². The molecule has 0 rings (SSSR count). The van der Waals surface area contributed by atoms with E-state index in [0.717, 1.165) is 12.8 Å². The molecule has 0 fully saturated rings. The number of rotatable bonds is 18. The van der Waals surface area contributed by atoms with E-state index in [9.17, 15) is 4.79 Å². The third-order valence-corrected chi connectivity index (χ3v) is 4.42. The Morgan fingerprint density at radius 3 is 1.58 bits per heavy atom.